The van der Waals surface area contributed by atoms with E-state index in [4.69, 9.17) is 27.3 Å². The van der Waals surface area contributed by atoms with E-state index in [2.05, 4.69) is 20.3 Å². The largest absolute Gasteiger partial charge is 0.695 e. The van der Waals surface area contributed by atoms with Crippen molar-refractivity contribution in [1.29, 1.82) is 5.26 Å². The zero-order valence-corrected chi connectivity index (χ0v) is 32.1. The SMILES string of the molecule is CC(C)C(=O)Nc1nc2c(ncn2[C@@H]2O[C@H](CO)[C@@H](O[Si](C)(C)C(C)(C)C)[C@H]2OP(=O)(OCCC#N)OCC2(O[P+](=O)O)CCCC2)c(=O)[nH]1. The standard InChI is InChI=1S/C29H46N6O12P2Si/c1-18(2)24(37)33-27-32-23-20(25(38)34-27)31-17-35(23)26-22(21(19(15-36)44-26)46-50(6,7)28(3,4)5)45-49(41,42-14-10-13-30)43-16-29(47-48(39)40)11-8-9-12-29/h17-19,21-22,26,36H,8-12,14-16H2,1-7H3,(H2-,32,33,34,37,38,39,40)/p+1/t19-,21-,22-,26-,49?/m1/s1. The molecule has 1 amide bonds. The van der Waals surface area contributed by atoms with E-state index < -0.39 is 85.1 Å². The van der Waals surface area contributed by atoms with Gasteiger partial charge in [0.15, 0.2) is 31.3 Å². The van der Waals surface area contributed by atoms with E-state index in [9.17, 15) is 34.0 Å². The molecular weight excluding hydrogens is 714 g/mol. The van der Waals surface area contributed by atoms with E-state index in [-0.39, 0.29) is 35.2 Å². The Morgan fingerprint density at radius 3 is 2.56 bits per heavy atom. The fourth-order valence-electron chi connectivity index (χ4n) is 5.38. The van der Waals surface area contributed by atoms with Gasteiger partial charge in [0.05, 0.1) is 38.6 Å². The molecule has 0 radical (unpaired) electrons. The van der Waals surface area contributed by atoms with Crippen LogP contribution in [0.25, 0.3) is 11.2 Å². The summed E-state index contributed by atoms with van der Waals surface area (Å²) in [5, 5.41) is 21.9. The van der Waals surface area contributed by atoms with Crippen LogP contribution < -0.4 is 10.9 Å². The molecule has 2 aromatic rings. The van der Waals surface area contributed by atoms with Crippen molar-refractivity contribution in [2.24, 2.45) is 5.92 Å². The second-order valence-electron chi connectivity index (χ2n) is 14.2. The molecule has 1 saturated carbocycles. The highest BCUT2D eigenvalue weighted by Gasteiger charge is 2.55. The number of carbonyl (C=O) groups is 1. The number of anilines is 1. The number of aromatic amines is 1. The fourth-order valence-corrected chi connectivity index (χ4v) is 8.69. The predicted octanol–water partition coefficient (Wildman–Crippen LogP) is 4.41. The first-order valence-corrected chi connectivity index (χ1v) is 21.9. The molecule has 18 nitrogen and oxygen atoms in total. The molecule has 2 unspecified atom stereocenters. The molecule has 6 atom stereocenters. The number of aliphatic hydroxyl groups is 1. The van der Waals surface area contributed by atoms with Crippen LogP contribution >= 0.6 is 16.1 Å². The Bertz CT molecular complexity index is 1680. The average Bonchev–Trinajstić information content (AvgIpc) is 3.73. The number of hydrogen-bond acceptors (Lipinski definition) is 14. The van der Waals surface area contributed by atoms with Gasteiger partial charge in [0.25, 0.3) is 5.56 Å². The number of H-pyrrole nitrogens is 1. The van der Waals surface area contributed by atoms with Crippen LogP contribution in [0.2, 0.25) is 18.1 Å². The molecule has 3 heterocycles. The lowest BCUT2D eigenvalue weighted by atomic mass is 10.1. The maximum atomic E-state index is 14.5. The summed E-state index contributed by atoms with van der Waals surface area (Å²) < 4.78 is 63.6. The van der Waals surface area contributed by atoms with Crippen LogP contribution in [-0.2, 0) is 41.2 Å². The number of phosphoric ester groups is 1. The zero-order chi connectivity index (χ0) is 37.1. The highest BCUT2D eigenvalue weighted by Crippen LogP contribution is 2.56. The molecule has 0 bridgehead atoms. The molecule has 0 aromatic carbocycles. The van der Waals surface area contributed by atoms with Gasteiger partial charge in [-0.1, -0.05) is 47.5 Å². The molecule has 1 aliphatic heterocycles. The molecule has 2 aromatic heterocycles. The van der Waals surface area contributed by atoms with E-state index in [1.165, 1.54) is 10.9 Å². The summed E-state index contributed by atoms with van der Waals surface area (Å²) in [5.74, 6) is -0.969. The summed E-state index contributed by atoms with van der Waals surface area (Å²) in [4.78, 5) is 46.1. The number of nitrogens with one attached hydrogen (secondary N) is 2. The molecule has 2 fully saturated rings. The van der Waals surface area contributed by atoms with Crippen LogP contribution in [0.3, 0.4) is 0 Å². The lowest BCUT2D eigenvalue weighted by molar-refractivity contribution is -0.118. The molecule has 278 valence electrons. The molecule has 1 saturated heterocycles. The predicted molar refractivity (Wildman–Crippen MR) is 181 cm³/mol. The van der Waals surface area contributed by atoms with Gasteiger partial charge in [-0.05, 0) is 31.0 Å². The van der Waals surface area contributed by atoms with Gasteiger partial charge in [-0.3, -0.25) is 38.0 Å². The van der Waals surface area contributed by atoms with Crippen LogP contribution in [0, 0.1) is 17.2 Å². The third kappa shape index (κ3) is 9.30. The fraction of sp³-hybridized carbons (Fsp3) is 0.759. The van der Waals surface area contributed by atoms with E-state index >= 15 is 0 Å². The smallest absolute Gasteiger partial charge is 0.408 e. The van der Waals surface area contributed by atoms with Crippen molar-refractivity contribution in [3.8, 4) is 6.07 Å². The van der Waals surface area contributed by atoms with Gasteiger partial charge in [-0.25, -0.2) is 9.55 Å². The van der Waals surface area contributed by atoms with Crippen molar-refractivity contribution in [1.82, 2.24) is 19.5 Å². The lowest BCUT2D eigenvalue weighted by Crippen LogP contribution is -2.50. The summed E-state index contributed by atoms with van der Waals surface area (Å²) in [6.07, 6.45) is -1.65. The van der Waals surface area contributed by atoms with E-state index in [1.807, 2.05) is 39.9 Å². The number of nitriles is 1. The Morgan fingerprint density at radius 2 is 1.98 bits per heavy atom. The number of aliphatic hydroxyl groups excluding tert-OH is 1. The highest BCUT2D eigenvalue weighted by molar-refractivity contribution is 7.48. The number of amides is 1. The molecule has 1 aliphatic carbocycles. The summed E-state index contributed by atoms with van der Waals surface area (Å²) in [7, 11) is -10.4. The first kappa shape index (κ1) is 40.3. The van der Waals surface area contributed by atoms with Crippen LogP contribution in [-0.4, -0.2) is 87.5 Å². The monoisotopic (exact) mass is 761 g/mol. The number of phosphoric acid groups is 1. The number of hydrogen-bond donors (Lipinski definition) is 4. The van der Waals surface area contributed by atoms with Gasteiger partial charge < -0.3 is 14.3 Å². The Hall–Kier alpha value is -2.46. The quantitative estimate of drug-likeness (QED) is 0.105. The Kier molecular flexibility index (Phi) is 12.9. The zero-order valence-electron chi connectivity index (χ0n) is 29.3. The Morgan fingerprint density at radius 1 is 1.30 bits per heavy atom. The highest BCUT2D eigenvalue weighted by atomic mass is 31.2. The first-order chi connectivity index (χ1) is 23.3. The number of nitrogens with zero attached hydrogens (tertiary/aromatic N) is 4. The molecule has 4 rings (SSSR count). The summed E-state index contributed by atoms with van der Waals surface area (Å²) in [6, 6.07) is 1.91. The number of rotatable bonds is 16. The molecule has 21 heteroatoms. The molecular formula is C29H47N6O12P2Si+. The van der Waals surface area contributed by atoms with Gasteiger partial charge in [-0.2, -0.15) is 10.2 Å². The van der Waals surface area contributed by atoms with Crippen molar-refractivity contribution < 1.29 is 51.2 Å². The van der Waals surface area contributed by atoms with Crippen molar-refractivity contribution >= 4 is 47.4 Å². The minimum atomic E-state index is -4.68. The molecule has 2 aliphatic rings. The minimum Gasteiger partial charge on any atom is -0.408 e. The maximum Gasteiger partial charge on any atom is 0.695 e. The number of imidazole rings is 1. The van der Waals surface area contributed by atoms with Crippen LogP contribution in [0.4, 0.5) is 5.95 Å². The van der Waals surface area contributed by atoms with Gasteiger partial charge >= 0.3 is 16.1 Å². The molecule has 50 heavy (non-hydrogen) atoms. The lowest BCUT2D eigenvalue weighted by Gasteiger charge is -2.40. The van der Waals surface area contributed by atoms with Gasteiger partial charge in [0.2, 0.25) is 11.9 Å². The van der Waals surface area contributed by atoms with Gasteiger partial charge in [0.1, 0.15) is 18.3 Å². The molecule has 4 N–H and O–H groups in total. The van der Waals surface area contributed by atoms with Crippen molar-refractivity contribution in [3.05, 3.63) is 16.7 Å². The maximum absolute atomic E-state index is 14.5. The second-order valence-corrected chi connectivity index (χ2v) is 21.3. The number of ether oxygens (including phenoxy) is 1. The van der Waals surface area contributed by atoms with Crippen molar-refractivity contribution in [2.75, 3.05) is 25.1 Å². The van der Waals surface area contributed by atoms with E-state index in [0.29, 0.717) is 25.7 Å². The van der Waals surface area contributed by atoms with Crippen LogP contribution in [0.5, 0.6) is 0 Å². The third-order valence-electron chi connectivity index (χ3n) is 9.16. The van der Waals surface area contributed by atoms with Gasteiger partial charge in [0, 0.05) is 10.5 Å². The van der Waals surface area contributed by atoms with Crippen molar-refractivity contribution in [2.45, 2.75) is 115 Å². The third-order valence-corrected chi connectivity index (χ3v) is 15.6. The minimum absolute atomic E-state index is 0.0257. The van der Waals surface area contributed by atoms with E-state index in [0.717, 1.165) is 0 Å². The summed E-state index contributed by atoms with van der Waals surface area (Å²) >= 11 is 0. The number of aromatic nitrogens is 4. The van der Waals surface area contributed by atoms with Gasteiger partial charge in [-0.15, -0.1) is 9.42 Å². The van der Waals surface area contributed by atoms with E-state index in [1.54, 1.807) is 13.8 Å². The summed E-state index contributed by atoms with van der Waals surface area (Å²) in [5.41, 5.74) is -2.03. The Balaban J connectivity index is 1.81. The second kappa shape index (κ2) is 16.1. The summed E-state index contributed by atoms with van der Waals surface area (Å²) in [6.45, 7) is 12.0. The van der Waals surface area contributed by atoms with Crippen molar-refractivity contribution in [3.63, 3.8) is 0 Å². The number of carbonyl (C=O) groups excluding carboxylic acids is 1. The Labute approximate surface area is 291 Å². The first-order valence-electron chi connectivity index (χ1n) is 16.4. The number of fused-ring (bicyclic) bond motifs is 1. The van der Waals surface area contributed by atoms with Crippen LogP contribution in [0.1, 0.15) is 73.0 Å². The average molecular weight is 762 g/mol. The normalized spacial score (nSPS) is 24.0. The topological polar surface area (TPSA) is 246 Å². The molecule has 0 spiro atoms. The van der Waals surface area contributed by atoms with Crippen LogP contribution in [0.15, 0.2) is 11.1 Å².